The van der Waals surface area contributed by atoms with E-state index in [1.54, 1.807) is 30.3 Å². The standard InChI is InChI=1S/C21H21F2N3O3/c22-15-6-7-17(18(23)12-15)21(29)26-10-8-16(9-11-26)25-19(27)13-24-20(28)14-4-2-1-3-5-14/h1-7,12,16H,8-11,13H2,(H,24,28)(H,25,27). The average molecular weight is 401 g/mol. The lowest BCUT2D eigenvalue weighted by atomic mass is 10.0. The third kappa shape index (κ3) is 5.37. The van der Waals surface area contributed by atoms with Gasteiger partial charge in [0.1, 0.15) is 11.6 Å². The molecule has 0 spiro atoms. The molecule has 6 nitrogen and oxygen atoms in total. The van der Waals surface area contributed by atoms with Crippen LogP contribution in [0, 0.1) is 11.6 Å². The summed E-state index contributed by atoms with van der Waals surface area (Å²) in [6, 6.07) is 11.3. The normalized spacial score (nSPS) is 14.3. The molecule has 0 radical (unpaired) electrons. The van der Waals surface area contributed by atoms with E-state index in [1.165, 1.54) is 4.90 Å². The average Bonchev–Trinajstić information content (AvgIpc) is 2.73. The third-order valence-electron chi connectivity index (χ3n) is 4.75. The van der Waals surface area contributed by atoms with E-state index in [4.69, 9.17) is 0 Å². The van der Waals surface area contributed by atoms with Gasteiger partial charge in [-0.05, 0) is 37.1 Å². The zero-order valence-corrected chi connectivity index (χ0v) is 15.7. The topological polar surface area (TPSA) is 78.5 Å². The summed E-state index contributed by atoms with van der Waals surface area (Å²) in [6.07, 6.45) is 1.01. The Morgan fingerprint density at radius 2 is 1.69 bits per heavy atom. The van der Waals surface area contributed by atoms with Gasteiger partial charge in [0.05, 0.1) is 12.1 Å². The van der Waals surface area contributed by atoms with Gasteiger partial charge < -0.3 is 15.5 Å². The molecule has 2 N–H and O–H groups in total. The number of amides is 3. The van der Waals surface area contributed by atoms with Crippen LogP contribution < -0.4 is 10.6 Å². The van der Waals surface area contributed by atoms with Gasteiger partial charge in [-0.1, -0.05) is 18.2 Å². The predicted molar refractivity (Wildman–Crippen MR) is 102 cm³/mol. The van der Waals surface area contributed by atoms with Gasteiger partial charge in [0.15, 0.2) is 0 Å². The first-order valence-electron chi connectivity index (χ1n) is 9.31. The Morgan fingerprint density at radius 3 is 2.34 bits per heavy atom. The first-order chi connectivity index (χ1) is 13.9. The molecule has 0 aliphatic carbocycles. The van der Waals surface area contributed by atoms with Gasteiger partial charge in [0.2, 0.25) is 5.91 Å². The van der Waals surface area contributed by atoms with Crippen molar-refractivity contribution in [2.45, 2.75) is 18.9 Å². The van der Waals surface area contributed by atoms with Gasteiger partial charge in [-0.15, -0.1) is 0 Å². The summed E-state index contributed by atoms with van der Waals surface area (Å²) in [7, 11) is 0. The van der Waals surface area contributed by atoms with Gasteiger partial charge in [-0.2, -0.15) is 0 Å². The number of rotatable bonds is 5. The lowest BCUT2D eigenvalue weighted by Gasteiger charge is -2.32. The molecule has 3 amide bonds. The van der Waals surface area contributed by atoms with Crippen LogP contribution in [0.2, 0.25) is 0 Å². The molecule has 0 atom stereocenters. The Hall–Kier alpha value is -3.29. The van der Waals surface area contributed by atoms with Crippen molar-refractivity contribution in [2.24, 2.45) is 0 Å². The maximum absolute atomic E-state index is 13.8. The molecule has 8 heteroatoms. The zero-order valence-electron chi connectivity index (χ0n) is 15.7. The maximum Gasteiger partial charge on any atom is 0.256 e. The van der Waals surface area contributed by atoms with E-state index >= 15 is 0 Å². The van der Waals surface area contributed by atoms with Crippen LogP contribution in [0.25, 0.3) is 0 Å². The Morgan fingerprint density at radius 1 is 1.00 bits per heavy atom. The number of carbonyl (C=O) groups is 3. The fraction of sp³-hybridized carbons (Fsp3) is 0.286. The van der Waals surface area contributed by atoms with Crippen LogP contribution in [0.5, 0.6) is 0 Å². The van der Waals surface area contributed by atoms with Gasteiger partial charge in [0.25, 0.3) is 11.8 Å². The predicted octanol–water partition coefficient (Wildman–Crippen LogP) is 2.12. The highest BCUT2D eigenvalue weighted by Gasteiger charge is 2.26. The molecule has 1 saturated heterocycles. The highest BCUT2D eigenvalue weighted by Crippen LogP contribution is 2.17. The van der Waals surface area contributed by atoms with E-state index in [2.05, 4.69) is 10.6 Å². The Kier molecular flexibility index (Phi) is 6.54. The van der Waals surface area contributed by atoms with Crippen molar-refractivity contribution in [1.82, 2.24) is 15.5 Å². The third-order valence-corrected chi connectivity index (χ3v) is 4.75. The van der Waals surface area contributed by atoms with Crippen molar-refractivity contribution in [1.29, 1.82) is 0 Å². The minimum atomic E-state index is -0.889. The Bertz CT molecular complexity index is 897. The second-order valence-electron chi connectivity index (χ2n) is 6.81. The molecule has 1 aliphatic heterocycles. The van der Waals surface area contributed by atoms with Crippen molar-refractivity contribution in [3.05, 3.63) is 71.3 Å². The van der Waals surface area contributed by atoms with Crippen LogP contribution >= 0.6 is 0 Å². The molecule has 0 aromatic heterocycles. The van der Waals surface area contributed by atoms with Crippen LogP contribution in [0.4, 0.5) is 8.78 Å². The van der Waals surface area contributed by atoms with Gasteiger partial charge in [-0.3, -0.25) is 14.4 Å². The fourth-order valence-electron chi connectivity index (χ4n) is 3.19. The summed E-state index contributed by atoms with van der Waals surface area (Å²) < 4.78 is 26.8. The largest absolute Gasteiger partial charge is 0.352 e. The highest BCUT2D eigenvalue weighted by molar-refractivity contribution is 5.96. The molecule has 0 unspecified atom stereocenters. The van der Waals surface area contributed by atoms with E-state index in [9.17, 15) is 23.2 Å². The van der Waals surface area contributed by atoms with E-state index in [1.807, 2.05) is 0 Å². The molecule has 29 heavy (non-hydrogen) atoms. The minimum absolute atomic E-state index is 0.141. The van der Waals surface area contributed by atoms with E-state index in [0.717, 1.165) is 12.1 Å². The summed E-state index contributed by atoms with van der Waals surface area (Å²) in [6.45, 7) is 0.543. The van der Waals surface area contributed by atoms with Gasteiger partial charge in [0, 0.05) is 30.8 Å². The summed E-state index contributed by atoms with van der Waals surface area (Å²) >= 11 is 0. The molecule has 2 aromatic carbocycles. The van der Waals surface area contributed by atoms with Crippen LogP contribution in [-0.2, 0) is 4.79 Å². The van der Waals surface area contributed by atoms with Crippen molar-refractivity contribution in [3.63, 3.8) is 0 Å². The van der Waals surface area contributed by atoms with E-state index in [-0.39, 0.29) is 30.0 Å². The fourth-order valence-corrected chi connectivity index (χ4v) is 3.19. The minimum Gasteiger partial charge on any atom is -0.352 e. The second kappa shape index (κ2) is 9.27. The number of hydrogen-bond donors (Lipinski definition) is 2. The van der Waals surface area contributed by atoms with Crippen LogP contribution in [-0.4, -0.2) is 48.3 Å². The monoisotopic (exact) mass is 401 g/mol. The molecular weight excluding hydrogens is 380 g/mol. The Labute approximate surface area is 166 Å². The van der Waals surface area contributed by atoms with Crippen LogP contribution in [0.3, 0.4) is 0 Å². The van der Waals surface area contributed by atoms with Crippen LogP contribution in [0.1, 0.15) is 33.6 Å². The second-order valence-corrected chi connectivity index (χ2v) is 6.81. The van der Waals surface area contributed by atoms with Crippen molar-refractivity contribution >= 4 is 17.7 Å². The zero-order chi connectivity index (χ0) is 20.8. The first kappa shape index (κ1) is 20.4. The molecule has 0 saturated carbocycles. The maximum atomic E-state index is 13.8. The Balaban J connectivity index is 1.44. The number of carbonyl (C=O) groups excluding carboxylic acids is 3. The van der Waals surface area contributed by atoms with Gasteiger partial charge >= 0.3 is 0 Å². The van der Waals surface area contributed by atoms with Crippen molar-refractivity contribution in [3.8, 4) is 0 Å². The number of nitrogens with zero attached hydrogens (tertiary/aromatic N) is 1. The smallest absolute Gasteiger partial charge is 0.256 e. The summed E-state index contributed by atoms with van der Waals surface area (Å²) in [5.41, 5.74) is 0.303. The summed E-state index contributed by atoms with van der Waals surface area (Å²) in [4.78, 5) is 37.9. The lowest BCUT2D eigenvalue weighted by molar-refractivity contribution is -0.121. The van der Waals surface area contributed by atoms with Crippen molar-refractivity contribution < 1.29 is 23.2 Å². The molecular formula is C21H21F2N3O3. The molecule has 2 aromatic rings. The quantitative estimate of drug-likeness (QED) is 0.806. The number of hydrogen-bond acceptors (Lipinski definition) is 3. The highest BCUT2D eigenvalue weighted by atomic mass is 19.1. The molecule has 152 valence electrons. The van der Waals surface area contributed by atoms with E-state index < -0.39 is 17.5 Å². The SMILES string of the molecule is O=C(CNC(=O)c1ccccc1)NC1CCN(C(=O)c2ccc(F)cc2F)CC1. The first-order valence-corrected chi connectivity index (χ1v) is 9.31. The number of piperidine rings is 1. The number of likely N-dealkylation sites (tertiary alicyclic amines) is 1. The van der Waals surface area contributed by atoms with E-state index in [0.29, 0.717) is 37.6 Å². The number of benzene rings is 2. The van der Waals surface area contributed by atoms with Crippen LogP contribution in [0.15, 0.2) is 48.5 Å². The molecule has 1 aliphatic rings. The molecule has 3 rings (SSSR count). The molecule has 1 heterocycles. The summed E-state index contributed by atoms with van der Waals surface area (Å²) in [5.74, 6) is -2.77. The number of nitrogens with one attached hydrogen (secondary N) is 2. The molecule has 1 fully saturated rings. The number of halogens is 2. The summed E-state index contributed by atoms with van der Waals surface area (Å²) in [5, 5.41) is 5.39. The molecule has 0 bridgehead atoms. The van der Waals surface area contributed by atoms with Gasteiger partial charge in [-0.25, -0.2) is 8.78 Å². The van der Waals surface area contributed by atoms with Crippen molar-refractivity contribution in [2.75, 3.05) is 19.6 Å². The lowest BCUT2D eigenvalue weighted by Crippen LogP contribution is -2.48.